The molecule has 0 aromatic heterocycles. The Balaban J connectivity index is 1.80. The molecule has 3 nitrogen and oxygen atoms in total. The Morgan fingerprint density at radius 1 is 0.609 bits per heavy atom. The second kappa shape index (κ2) is 6.71. The van der Waals surface area contributed by atoms with Crippen LogP contribution >= 0.6 is 0 Å². The molecule has 3 heteroatoms. The van der Waals surface area contributed by atoms with E-state index in [2.05, 4.69) is 5.32 Å². The zero-order valence-corrected chi connectivity index (χ0v) is 12.4. The van der Waals surface area contributed by atoms with E-state index in [9.17, 15) is 9.59 Å². The molecule has 0 bridgehead atoms. The quantitative estimate of drug-likeness (QED) is 0.735. The molecule has 0 atom stereocenters. The van der Waals surface area contributed by atoms with Gasteiger partial charge in [-0.2, -0.15) is 0 Å². The number of nitrogens with one attached hydrogen (secondary N) is 1. The van der Waals surface area contributed by atoms with Crippen molar-refractivity contribution in [2.75, 3.05) is 5.32 Å². The van der Waals surface area contributed by atoms with Gasteiger partial charge in [-0.05, 0) is 24.3 Å². The van der Waals surface area contributed by atoms with Gasteiger partial charge in [0.2, 0.25) is 0 Å². The molecule has 23 heavy (non-hydrogen) atoms. The SMILES string of the molecule is O=C(Nc1cccc(C(=O)c2ccccc2)c1)c1ccccc1. The van der Waals surface area contributed by atoms with Crippen LogP contribution in [0.5, 0.6) is 0 Å². The predicted octanol–water partition coefficient (Wildman–Crippen LogP) is 4.17. The first-order valence-corrected chi connectivity index (χ1v) is 7.30. The summed E-state index contributed by atoms with van der Waals surface area (Å²) < 4.78 is 0. The van der Waals surface area contributed by atoms with Crippen LogP contribution in [0.2, 0.25) is 0 Å². The Hall–Kier alpha value is -3.20. The average Bonchev–Trinajstić information content (AvgIpc) is 2.63. The van der Waals surface area contributed by atoms with Crippen LogP contribution in [-0.4, -0.2) is 11.7 Å². The largest absolute Gasteiger partial charge is 0.322 e. The average molecular weight is 301 g/mol. The second-order valence-electron chi connectivity index (χ2n) is 5.10. The van der Waals surface area contributed by atoms with E-state index in [1.54, 1.807) is 48.5 Å². The smallest absolute Gasteiger partial charge is 0.255 e. The van der Waals surface area contributed by atoms with Gasteiger partial charge in [0.05, 0.1) is 0 Å². The minimum Gasteiger partial charge on any atom is -0.322 e. The molecule has 1 N–H and O–H groups in total. The Morgan fingerprint density at radius 3 is 1.83 bits per heavy atom. The van der Waals surface area contributed by atoms with Crippen molar-refractivity contribution in [2.24, 2.45) is 0 Å². The van der Waals surface area contributed by atoms with Gasteiger partial charge in [0.1, 0.15) is 0 Å². The maximum absolute atomic E-state index is 12.4. The Bertz CT molecular complexity index is 827. The number of ketones is 1. The molecule has 1 amide bonds. The van der Waals surface area contributed by atoms with Crippen LogP contribution in [0.1, 0.15) is 26.3 Å². The van der Waals surface area contributed by atoms with Gasteiger partial charge in [0.15, 0.2) is 5.78 Å². The number of benzene rings is 3. The summed E-state index contributed by atoms with van der Waals surface area (Å²) in [6.45, 7) is 0. The minimum atomic E-state index is -0.199. The monoisotopic (exact) mass is 301 g/mol. The molecule has 0 aliphatic rings. The first kappa shape index (κ1) is 14.7. The molecule has 112 valence electrons. The third-order valence-electron chi connectivity index (χ3n) is 3.45. The number of amides is 1. The topological polar surface area (TPSA) is 46.2 Å². The summed E-state index contributed by atoms with van der Waals surface area (Å²) in [6.07, 6.45) is 0. The molecule has 0 radical (unpaired) electrons. The van der Waals surface area contributed by atoms with E-state index in [0.717, 1.165) is 0 Å². The highest BCUT2D eigenvalue weighted by molar-refractivity contribution is 6.10. The van der Waals surface area contributed by atoms with Crippen molar-refractivity contribution in [3.8, 4) is 0 Å². The molecule has 3 aromatic carbocycles. The van der Waals surface area contributed by atoms with Crippen LogP contribution in [0, 0.1) is 0 Å². The normalized spacial score (nSPS) is 10.1. The summed E-state index contributed by atoms with van der Waals surface area (Å²) in [4.78, 5) is 24.6. The highest BCUT2D eigenvalue weighted by atomic mass is 16.1. The molecule has 0 fully saturated rings. The molecule has 0 heterocycles. The van der Waals surface area contributed by atoms with Gasteiger partial charge in [-0.25, -0.2) is 0 Å². The molecule has 0 unspecified atom stereocenters. The Labute approximate surface area is 134 Å². The zero-order valence-electron chi connectivity index (χ0n) is 12.4. The van der Waals surface area contributed by atoms with E-state index >= 15 is 0 Å². The third kappa shape index (κ3) is 3.52. The van der Waals surface area contributed by atoms with Gasteiger partial charge in [-0.1, -0.05) is 60.7 Å². The third-order valence-corrected chi connectivity index (χ3v) is 3.45. The van der Waals surface area contributed by atoms with E-state index in [0.29, 0.717) is 22.4 Å². The zero-order chi connectivity index (χ0) is 16.1. The molecular weight excluding hydrogens is 286 g/mol. The van der Waals surface area contributed by atoms with Gasteiger partial charge in [0, 0.05) is 22.4 Å². The van der Waals surface area contributed by atoms with Crippen LogP contribution in [0.25, 0.3) is 0 Å². The first-order valence-electron chi connectivity index (χ1n) is 7.30. The molecule has 0 aliphatic carbocycles. The van der Waals surface area contributed by atoms with Crippen LogP contribution in [-0.2, 0) is 0 Å². The van der Waals surface area contributed by atoms with Crippen molar-refractivity contribution in [2.45, 2.75) is 0 Å². The van der Waals surface area contributed by atoms with Crippen molar-refractivity contribution in [3.63, 3.8) is 0 Å². The van der Waals surface area contributed by atoms with E-state index in [-0.39, 0.29) is 11.7 Å². The second-order valence-corrected chi connectivity index (χ2v) is 5.10. The van der Waals surface area contributed by atoms with Gasteiger partial charge in [-0.3, -0.25) is 9.59 Å². The summed E-state index contributed by atoms with van der Waals surface area (Å²) in [5.41, 5.74) is 2.34. The molecule has 0 saturated heterocycles. The Kier molecular flexibility index (Phi) is 4.29. The maximum Gasteiger partial charge on any atom is 0.255 e. The van der Waals surface area contributed by atoms with Crippen LogP contribution < -0.4 is 5.32 Å². The highest BCUT2D eigenvalue weighted by Gasteiger charge is 2.10. The number of rotatable bonds is 4. The molecular formula is C20H15NO2. The standard InChI is InChI=1S/C20H15NO2/c22-19(15-8-3-1-4-9-15)17-12-7-13-18(14-17)21-20(23)16-10-5-2-6-11-16/h1-14H,(H,21,23). The van der Waals surface area contributed by atoms with Crippen molar-refractivity contribution in [1.29, 1.82) is 0 Å². The van der Waals surface area contributed by atoms with E-state index in [1.807, 2.05) is 36.4 Å². The fraction of sp³-hybridized carbons (Fsp3) is 0. The molecule has 0 aliphatic heterocycles. The molecule has 3 aromatic rings. The summed E-state index contributed by atoms with van der Waals surface area (Å²) in [5, 5.41) is 2.81. The van der Waals surface area contributed by atoms with E-state index in [1.165, 1.54) is 0 Å². The van der Waals surface area contributed by atoms with Crippen molar-refractivity contribution in [3.05, 3.63) is 102 Å². The van der Waals surface area contributed by atoms with Gasteiger partial charge >= 0.3 is 0 Å². The lowest BCUT2D eigenvalue weighted by Crippen LogP contribution is -2.12. The minimum absolute atomic E-state index is 0.0681. The van der Waals surface area contributed by atoms with Gasteiger partial charge in [-0.15, -0.1) is 0 Å². The fourth-order valence-corrected chi connectivity index (χ4v) is 2.29. The number of hydrogen-bond acceptors (Lipinski definition) is 2. The summed E-state index contributed by atoms with van der Waals surface area (Å²) in [7, 11) is 0. The van der Waals surface area contributed by atoms with E-state index in [4.69, 9.17) is 0 Å². The van der Waals surface area contributed by atoms with Crippen LogP contribution in [0.3, 0.4) is 0 Å². The summed E-state index contributed by atoms with van der Waals surface area (Å²) >= 11 is 0. The van der Waals surface area contributed by atoms with Crippen molar-refractivity contribution in [1.82, 2.24) is 0 Å². The van der Waals surface area contributed by atoms with Gasteiger partial charge < -0.3 is 5.32 Å². The van der Waals surface area contributed by atoms with Crippen molar-refractivity contribution >= 4 is 17.4 Å². The first-order chi connectivity index (χ1) is 11.2. The molecule has 0 saturated carbocycles. The molecule has 3 rings (SSSR count). The lowest BCUT2D eigenvalue weighted by Gasteiger charge is -2.07. The Morgan fingerprint density at radius 2 is 1.17 bits per heavy atom. The maximum atomic E-state index is 12.4. The lowest BCUT2D eigenvalue weighted by molar-refractivity contribution is 0.102. The summed E-state index contributed by atoms with van der Waals surface area (Å²) in [5.74, 6) is -0.267. The van der Waals surface area contributed by atoms with Crippen LogP contribution in [0.4, 0.5) is 5.69 Å². The van der Waals surface area contributed by atoms with Gasteiger partial charge in [0.25, 0.3) is 5.91 Å². The summed E-state index contributed by atoms with van der Waals surface area (Å²) in [6, 6.07) is 25.0. The number of carbonyl (C=O) groups is 2. The number of anilines is 1. The molecule has 0 spiro atoms. The predicted molar refractivity (Wildman–Crippen MR) is 90.7 cm³/mol. The fourth-order valence-electron chi connectivity index (χ4n) is 2.29. The number of carbonyl (C=O) groups excluding carboxylic acids is 2. The van der Waals surface area contributed by atoms with E-state index < -0.39 is 0 Å². The van der Waals surface area contributed by atoms with Crippen molar-refractivity contribution < 1.29 is 9.59 Å². The number of hydrogen-bond donors (Lipinski definition) is 1. The lowest BCUT2D eigenvalue weighted by atomic mass is 10.0. The van der Waals surface area contributed by atoms with Crippen LogP contribution in [0.15, 0.2) is 84.9 Å². The highest BCUT2D eigenvalue weighted by Crippen LogP contribution is 2.16.